The fourth-order valence-electron chi connectivity index (χ4n) is 6.76. The molecule has 0 fully saturated rings. The Morgan fingerprint density at radius 1 is 0.943 bits per heavy atom. The Morgan fingerprint density at radius 3 is 2.20 bits per heavy atom. The first kappa shape index (κ1) is 22.1. The van der Waals surface area contributed by atoms with E-state index in [0.29, 0.717) is 17.5 Å². The Morgan fingerprint density at radius 2 is 1.54 bits per heavy atom. The van der Waals surface area contributed by atoms with Gasteiger partial charge in [0.25, 0.3) is 0 Å². The van der Waals surface area contributed by atoms with Gasteiger partial charge in [0.05, 0.1) is 11.0 Å². The van der Waals surface area contributed by atoms with E-state index in [1.165, 1.54) is 0 Å². The van der Waals surface area contributed by atoms with Crippen LogP contribution in [0.4, 0.5) is 0 Å². The first-order chi connectivity index (χ1) is 16.5. The molecule has 2 N–H and O–H groups in total. The molecular weight excluding hydrogens is 440 g/mol. The third-order valence-corrected chi connectivity index (χ3v) is 8.16. The van der Waals surface area contributed by atoms with Crippen LogP contribution in [0.25, 0.3) is 0 Å². The number of rotatable bonds is 2. The van der Waals surface area contributed by atoms with Crippen molar-refractivity contribution in [1.29, 1.82) is 0 Å². The fourth-order valence-corrected chi connectivity index (χ4v) is 6.76. The summed E-state index contributed by atoms with van der Waals surface area (Å²) in [6.45, 7) is 5.16. The van der Waals surface area contributed by atoms with E-state index in [-0.39, 0.29) is 39.6 Å². The lowest BCUT2D eigenvalue weighted by Crippen LogP contribution is -2.64. The van der Waals surface area contributed by atoms with Gasteiger partial charge in [0, 0.05) is 39.7 Å². The lowest BCUT2D eigenvalue weighted by Gasteiger charge is -2.60. The lowest BCUT2D eigenvalue weighted by atomic mass is 9.41. The van der Waals surface area contributed by atoms with Crippen LogP contribution in [0.3, 0.4) is 0 Å². The Hall–Kier alpha value is -3.41. The van der Waals surface area contributed by atoms with Gasteiger partial charge in [-0.1, -0.05) is 72.3 Å². The first-order valence-corrected chi connectivity index (χ1v) is 11.9. The topological polar surface area (TPSA) is 91.7 Å². The molecule has 176 valence electrons. The van der Waals surface area contributed by atoms with Crippen LogP contribution in [-0.2, 0) is 5.60 Å². The van der Waals surface area contributed by atoms with Crippen LogP contribution in [0.15, 0.2) is 83.5 Å². The van der Waals surface area contributed by atoms with Crippen LogP contribution in [0.5, 0.6) is 0 Å². The molecule has 4 aliphatic rings. The largest absolute Gasteiger partial charge is 0.386 e. The van der Waals surface area contributed by atoms with E-state index in [4.69, 9.17) is 0 Å². The molecule has 5 heteroatoms. The highest BCUT2D eigenvalue weighted by Gasteiger charge is 2.70. The van der Waals surface area contributed by atoms with Gasteiger partial charge in [0.2, 0.25) is 0 Å². The molecule has 6 rings (SSSR count). The van der Waals surface area contributed by atoms with Gasteiger partial charge in [-0.2, -0.15) is 0 Å². The van der Waals surface area contributed by atoms with E-state index in [1.807, 2.05) is 13.0 Å². The zero-order valence-corrected chi connectivity index (χ0v) is 19.8. The maximum atomic E-state index is 14.3. The maximum absolute atomic E-state index is 14.3. The maximum Gasteiger partial charge on any atom is 0.193 e. The van der Waals surface area contributed by atoms with Crippen molar-refractivity contribution < 1.29 is 24.6 Å². The number of hydrogen-bond acceptors (Lipinski definition) is 5. The zero-order valence-electron chi connectivity index (χ0n) is 19.8. The van der Waals surface area contributed by atoms with Crippen LogP contribution in [0.2, 0.25) is 0 Å². The molecule has 0 aromatic heterocycles. The summed E-state index contributed by atoms with van der Waals surface area (Å²) in [5.41, 5.74) is -1.87. The highest BCUT2D eigenvalue weighted by Crippen LogP contribution is 2.67. The minimum Gasteiger partial charge on any atom is -0.386 e. The average Bonchev–Trinajstić information content (AvgIpc) is 2.82. The van der Waals surface area contributed by atoms with Gasteiger partial charge in [-0.25, -0.2) is 0 Å². The molecule has 0 saturated carbocycles. The summed E-state index contributed by atoms with van der Waals surface area (Å²) in [4.78, 5) is 42.3. The SMILES string of the molecule is CC1=C[C@H]2C3=C(C(=O)c4ccccc4C3=O)[C@]3(O)c4ccccc4C(=O)[C@@]2(/C=C/C(C)(C)O)[C@H]3C1. The molecule has 0 aliphatic heterocycles. The van der Waals surface area contributed by atoms with Crippen molar-refractivity contribution in [2.45, 2.75) is 38.4 Å². The highest BCUT2D eigenvalue weighted by molar-refractivity contribution is 6.29. The van der Waals surface area contributed by atoms with Gasteiger partial charge in [0.15, 0.2) is 17.3 Å². The lowest BCUT2D eigenvalue weighted by molar-refractivity contribution is -0.0621. The fraction of sp³-hybridized carbons (Fsp3) is 0.300. The molecule has 2 aromatic carbocycles. The Balaban J connectivity index is 1.78. The quantitative estimate of drug-likeness (QED) is 0.642. The second-order valence-electron chi connectivity index (χ2n) is 10.8. The smallest absolute Gasteiger partial charge is 0.193 e. The number of ketones is 3. The minimum atomic E-state index is -1.84. The van der Waals surface area contributed by atoms with Gasteiger partial charge in [0.1, 0.15) is 5.60 Å². The van der Waals surface area contributed by atoms with Crippen LogP contribution in [0, 0.1) is 17.3 Å². The van der Waals surface area contributed by atoms with E-state index in [1.54, 1.807) is 74.5 Å². The molecule has 2 aromatic rings. The van der Waals surface area contributed by atoms with E-state index in [2.05, 4.69) is 0 Å². The first-order valence-electron chi connectivity index (χ1n) is 11.9. The summed E-state index contributed by atoms with van der Waals surface area (Å²) in [6, 6.07) is 13.5. The molecule has 0 radical (unpaired) electrons. The molecule has 5 nitrogen and oxygen atoms in total. The van der Waals surface area contributed by atoms with Gasteiger partial charge in [-0.05, 0) is 32.8 Å². The zero-order chi connectivity index (χ0) is 24.9. The summed E-state index contributed by atoms with van der Waals surface area (Å²) in [5.74, 6) is -2.35. The molecule has 0 heterocycles. The third-order valence-electron chi connectivity index (χ3n) is 8.16. The van der Waals surface area contributed by atoms with Gasteiger partial charge in [-0.15, -0.1) is 0 Å². The predicted octanol–water partition coefficient (Wildman–Crippen LogP) is 4.36. The summed E-state index contributed by atoms with van der Waals surface area (Å²) < 4.78 is 0. The van der Waals surface area contributed by atoms with Gasteiger partial charge < -0.3 is 10.2 Å². The summed E-state index contributed by atoms with van der Waals surface area (Å²) in [6.07, 6.45) is 5.55. The number of Topliss-reactive ketones (excluding diaryl/α,β-unsaturated/α-hetero) is 3. The highest BCUT2D eigenvalue weighted by atomic mass is 16.3. The molecule has 0 unspecified atom stereocenters. The van der Waals surface area contributed by atoms with E-state index >= 15 is 0 Å². The molecular formula is C30H26O5. The monoisotopic (exact) mass is 466 g/mol. The summed E-state index contributed by atoms with van der Waals surface area (Å²) in [7, 11) is 0. The Bertz CT molecular complexity index is 1450. The molecule has 0 saturated heterocycles. The number of benzene rings is 2. The van der Waals surface area contributed by atoms with Crippen molar-refractivity contribution in [3.8, 4) is 0 Å². The van der Waals surface area contributed by atoms with Crippen LogP contribution >= 0.6 is 0 Å². The standard InChI is InChI=1S/C30H26O5/c1-16-14-21-23-24(26(32)18-9-5-4-8-17(18)25(23)31)30(35)20-11-7-6-10-19(20)27(33)29(21,22(30)15-16)13-12-28(2,3)34/h4-14,21-22,34-35H,15H2,1-3H3/b13-12+/t21-,22+,29+,30-/m0/s1. The van der Waals surface area contributed by atoms with Crippen molar-refractivity contribution in [1.82, 2.24) is 0 Å². The molecule has 0 amide bonds. The van der Waals surface area contributed by atoms with E-state index < -0.39 is 28.5 Å². The van der Waals surface area contributed by atoms with Gasteiger partial charge >= 0.3 is 0 Å². The Kier molecular flexibility index (Phi) is 4.31. The van der Waals surface area contributed by atoms with Crippen molar-refractivity contribution in [2.75, 3.05) is 0 Å². The van der Waals surface area contributed by atoms with Gasteiger partial charge in [-0.3, -0.25) is 14.4 Å². The second-order valence-corrected chi connectivity index (χ2v) is 10.8. The summed E-state index contributed by atoms with van der Waals surface area (Å²) >= 11 is 0. The van der Waals surface area contributed by atoms with Crippen LogP contribution < -0.4 is 0 Å². The summed E-state index contributed by atoms with van der Waals surface area (Å²) in [5, 5.41) is 23.2. The van der Waals surface area contributed by atoms with E-state index in [9.17, 15) is 24.6 Å². The predicted molar refractivity (Wildman–Crippen MR) is 130 cm³/mol. The molecule has 4 aliphatic carbocycles. The number of fused-ring (bicyclic) bond motifs is 5. The average molecular weight is 467 g/mol. The molecule has 35 heavy (non-hydrogen) atoms. The number of carbonyl (C=O) groups is 3. The Labute approximate surface area is 203 Å². The van der Waals surface area contributed by atoms with E-state index in [0.717, 1.165) is 5.57 Å². The molecule has 4 atom stereocenters. The number of carbonyl (C=O) groups excluding carboxylic acids is 3. The minimum absolute atomic E-state index is 0.0900. The number of hydrogen-bond donors (Lipinski definition) is 2. The molecule has 4 bridgehead atoms. The number of allylic oxidation sites excluding steroid dienone is 4. The van der Waals surface area contributed by atoms with Crippen LogP contribution in [-0.4, -0.2) is 33.2 Å². The van der Waals surface area contributed by atoms with Crippen molar-refractivity contribution in [2.24, 2.45) is 17.3 Å². The normalized spacial score (nSPS) is 31.2. The molecule has 0 spiro atoms. The number of aliphatic hydroxyl groups is 2. The second kappa shape index (κ2) is 6.84. The van der Waals surface area contributed by atoms with Crippen molar-refractivity contribution in [3.05, 3.63) is 106 Å². The van der Waals surface area contributed by atoms with Crippen LogP contribution in [0.1, 0.15) is 63.8 Å². The third kappa shape index (κ3) is 2.63. The van der Waals surface area contributed by atoms with Crippen molar-refractivity contribution >= 4 is 17.3 Å². The van der Waals surface area contributed by atoms with Crippen molar-refractivity contribution in [3.63, 3.8) is 0 Å².